The fourth-order valence-corrected chi connectivity index (χ4v) is 14.8. The first-order valence-corrected chi connectivity index (χ1v) is 22.8. The van der Waals surface area contributed by atoms with E-state index in [1.807, 2.05) is 6.07 Å². The number of aryl methyl sites for hydroxylation is 1. The quantitative estimate of drug-likeness (QED) is 0.107. The monoisotopic (exact) mass is 746 g/mol. The van der Waals surface area contributed by atoms with Gasteiger partial charge in [0.1, 0.15) is 0 Å². The molecule has 0 N–H and O–H groups in total. The minimum atomic E-state index is 0. The Morgan fingerprint density at radius 1 is 0.667 bits per heavy atom. The Kier molecular flexibility index (Phi) is 23.5. The van der Waals surface area contributed by atoms with Gasteiger partial charge in [0.25, 0.3) is 0 Å². The third-order valence-electron chi connectivity index (χ3n) is 8.49. The van der Waals surface area contributed by atoms with E-state index in [9.17, 15) is 0 Å². The van der Waals surface area contributed by atoms with Crippen molar-refractivity contribution in [3.8, 4) is 22.3 Å². The van der Waals surface area contributed by atoms with Gasteiger partial charge in [0, 0.05) is 16.6 Å². The van der Waals surface area contributed by atoms with Crippen molar-refractivity contribution < 1.29 is 26.2 Å². The summed E-state index contributed by atoms with van der Waals surface area (Å²) in [5.74, 6) is 0. The van der Waals surface area contributed by atoms with Crippen LogP contribution in [-0.4, -0.2) is 16.6 Å². The molecule has 0 saturated heterocycles. The fourth-order valence-electron chi connectivity index (χ4n) is 5.76. The molecule has 1 aliphatic carbocycles. The number of unbranched alkanes of at least 4 members (excludes halogenated alkanes) is 2. The molecule has 0 fully saturated rings. The van der Waals surface area contributed by atoms with Gasteiger partial charge in [-0.1, -0.05) is 157 Å². The van der Waals surface area contributed by atoms with Crippen LogP contribution in [0.1, 0.15) is 83.9 Å². The minimum absolute atomic E-state index is 0. The third kappa shape index (κ3) is 14.0. The summed E-state index contributed by atoms with van der Waals surface area (Å²) in [5.41, 5.74) is 9.42. The number of fused-ring (bicyclic) bond motifs is 4. The van der Waals surface area contributed by atoms with Crippen LogP contribution in [0.4, 0.5) is 0 Å². The summed E-state index contributed by atoms with van der Waals surface area (Å²) in [6.07, 6.45) is 5.56. The molecule has 0 amide bonds. The van der Waals surface area contributed by atoms with Crippen molar-refractivity contribution in [3.05, 3.63) is 140 Å². The molecule has 5 aromatic carbocycles. The van der Waals surface area contributed by atoms with Crippen LogP contribution in [0.3, 0.4) is 0 Å². The Morgan fingerprint density at radius 2 is 1.19 bits per heavy atom. The van der Waals surface area contributed by atoms with E-state index < -0.39 is 0 Å². The number of hydrogen-bond donors (Lipinski definition) is 0. The van der Waals surface area contributed by atoms with Crippen LogP contribution in [0.5, 0.6) is 0 Å². The van der Waals surface area contributed by atoms with Crippen molar-refractivity contribution >= 4 is 27.4 Å². The molecule has 0 aromatic heterocycles. The van der Waals surface area contributed by atoms with Gasteiger partial charge < -0.3 is 13.8 Å². The van der Waals surface area contributed by atoms with Gasteiger partial charge in [-0.25, -0.2) is 0 Å². The van der Waals surface area contributed by atoms with Gasteiger partial charge in [-0.05, 0) is 12.0 Å². The average molecular weight is 748 g/mol. The van der Waals surface area contributed by atoms with E-state index in [1.165, 1.54) is 86.7 Å². The Hall–Kier alpha value is -2.19. The maximum absolute atomic E-state index is 3.60. The maximum atomic E-state index is 3.60. The first-order valence-electron chi connectivity index (χ1n) is 18.0. The predicted octanol–water partition coefficient (Wildman–Crippen LogP) is 14.0. The number of rotatable bonds is 8. The number of hydrogen-bond acceptors (Lipinski definition) is 0. The fraction of sp³-hybridized carbons (Fsp3) is 0.356. The third-order valence-corrected chi connectivity index (χ3v) is 20.2. The molecule has 0 unspecified atom stereocenters. The van der Waals surface area contributed by atoms with E-state index in [0.29, 0.717) is 0 Å². The molecule has 0 nitrogen and oxygen atoms in total. The van der Waals surface area contributed by atoms with Gasteiger partial charge in [-0.15, -0.1) is 57.3 Å². The van der Waals surface area contributed by atoms with Crippen molar-refractivity contribution in [1.82, 2.24) is 0 Å². The Morgan fingerprint density at radius 3 is 1.73 bits per heavy atom. The topological polar surface area (TPSA) is 0 Å². The summed E-state index contributed by atoms with van der Waals surface area (Å²) in [6.45, 7) is 23.1. The Labute approximate surface area is 318 Å². The normalized spacial score (nSPS) is 10.6. The molecule has 0 heterocycles. The van der Waals surface area contributed by atoms with Crippen molar-refractivity contribution in [2.24, 2.45) is 0 Å². The van der Waals surface area contributed by atoms with Crippen LogP contribution in [0.2, 0.25) is 24.2 Å². The zero-order chi connectivity index (χ0) is 34.4. The van der Waals surface area contributed by atoms with Crippen molar-refractivity contribution in [2.45, 2.75) is 105 Å². The molecule has 48 heavy (non-hydrogen) atoms. The van der Waals surface area contributed by atoms with E-state index in [-0.39, 0.29) is 42.8 Å². The van der Waals surface area contributed by atoms with Gasteiger partial charge in [0.2, 0.25) is 0 Å². The summed E-state index contributed by atoms with van der Waals surface area (Å²) in [6, 6.07) is 45.8. The zero-order valence-electron chi connectivity index (χ0n) is 31.1. The molecular weight excluding hydrogens is 688 g/mol. The molecule has 0 bridgehead atoms. The molecule has 0 aliphatic heterocycles. The van der Waals surface area contributed by atoms with Crippen LogP contribution in [0, 0.1) is 26.8 Å². The average Bonchev–Trinajstić information content (AvgIpc) is 3.71. The molecule has 3 heteroatoms. The molecule has 0 atom stereocenters. The Bertz CT molecular complexity index is 1460. The molecule has 5 aromatic rings. The molecule has 252 valence electrons. The Balaban J connectivity index is 0.000000341. The molecule has 1 aliphatic rings. The first-order chi connectivity index (χ1) is 22.9. The van der Waals surface area contributed by atoms with Crippen LogP contribution < -0.4 is 0 Å². The van der Waals surface area contributed by atoms with Gasteiger partial charge >= 0.3 is 26.2 Å². The summed E-state index contributed by atoms with van der Waals surface area (Å²) < 4.78 is 0. The second-order valence-corrected chi connectivity index (χ2v) is 21.4. The van der Waals surface area contributed by atoms with Gasteiger partial charge in [0.15, 0.2) is 0 Å². The molecule has 0 spiro atoms. The summed E-state index contributed by atoms with van der Waals surface area (Å²) in [4.78, 5) is 0. The number of benzene rings is 4. The van der Waals surface area contributed by atoms with Crippen LogP contribution in [-0.2, 0) is 32.6 Å². The van der Waals surface area contributed by atoms with E-state index >= 15 is 0 Å². The minimum Gasteiger partial charge on any atom is -0.343 e. The molecule has 2 radical (unpaired) electrons. The molecular formula is C45H60Si2Zr. The van der Waals surface area contributed by atoms with Crippen molar-refractivity contribution in [3.63, 3.8) is 0 Å². The van der Waals surface area contributed by atoms with Gasteiger partial charge in [0.05, 0.1) is 0 Å². The van der Waals surface area contributed by atoms with E-state index in [1.54, 1.807) is 0 Å². The van der Waals surface area contributed by atoms with E-state index in [4.69, 9.17) is 0 Å². The van der Waals surface area contributed by atoms with Gasteiger partial charge in [-0.2, -0.15) is 37.1 Å². The smallest absolute Gasteiger partial charge is 0.343 e. The largest absolute Gasteiger partial charge is 4.00 e. The predicted molar refractivity (Wildman–Crippen MR) is 217 cm³/mol. The van der Waals surface area contributed by atoms with Crippen molar-refractivity contribution in [2.75, 3.05) is 0 Å². The second kappa shape index (κ2) is 25.7. The standard InChI is InChI=1S/C19H13.C10H9.C8H20Si2.2C4H9.Zr/c1-2-7-14(8-3-1)17-12-6-10-16-13-15-9-4-5-11-18(15)19(16)17;1-8-6-9-4-2-3-5-10(9)7-8;1-5-9(6-2)10(7-3)8-4;2*1-3-4-2;/h1-9,11-12H,13H2;2-7H,1H3;5-8H2,1-4H3;2*1,3-4H2,2H3;/q2*-1;;2*-1;+4. The van der Waals surface area contributed by atoms with Gasteiger partial charge in [-0.3, -0.25) is 0 Å². The SMILES string of the molecule is CC[Si](CC)[Si](CC)CC.Cc1cc2ccccc2[cH-]1.[CH2-]CCC.[CH2-]CCC.[Zr+4].[c-]1ccc(-c2ccccc2)c2c1Cc1ccccc1-2. The van der Waals surface area contributed by atoms with Crippen LogP contribution in [0.15, 0.2) is 103 Å². The van der Waals surface area contributed by atoms with Crippen LogP contribution >= 0.6 is 0 Å². The zero-order valence-corrected chi connectivity index (χ0v) is 35.6. The summed E-state index contributed by atoms with van der Waals surface area (Å²) in [7, 11) is 0.277. The maximum Gasteiger partial charge on any atom is 4.00 e. The van der Waals surface area contributed by atoms with Crippen LogP contribution in [0.25, 0.3) is 33.0 Å². The summed E-state index contributed by atoms with van der Waals surface area (Å²) in [5, 5.41) is 2.69. The van der Waals surface area contributed by atoms with E-state index in [0.717, 1.165) is 19.3 Å². The van der Waals surface area contributed by atoms with Crippen molar-refractivity contribution in [1.29, 1.82) is 0 Å². The first kappa shape index (κ1) is 43.8. The molecule has 6 rings (SSSR count). The molecule has 0 saturated carbocycles. The van der Waals surface area contributed by atoms with E-state index in [2.05, 4.69) is 165 Å². The summed E-state index contributed by atoms with van der Waals surface area (Å²) >= 11 is 0. The second-order valence-electron chi connectivity index (χ2n) is 11.9.